The zero-order valence-electron chi connectivity index (χ0n) is 20.4. The summed E-state index contributed by atoms with van der Waals surface area (Å²) in [5.74, 6) is 0.101. The third-order valence-corrected chi connectivity index (χ3v) is 6.74. The topological polar surface area (TPSA) is 122 Å². The maximum Gasteiger partial charge on any atom is 0.522 e. The SMILES string of the molecule is O=C(Nc1cccnc1)c1cnn2ccc(-c3c[nH]c4nc(N[C@H]5CC[C@@H](OC(F)(F)F)CC5)ncc34)cc12. The third kappa shape index (κ3) is 5.39. The highest BCUT2D eigenvalue weighted by Gasteiger charge is 2.35. The molecular weight excluding hydrogens is 513 g/mol. The highest BCUT2D eigenvalue weighted by atomic mass is 19.4. The number of hydrogen-bond acceptors (Lipinski definition) is 7. The van der Waals surface area contributed by atoms with E-state index in [1.807, 2.05) is 18.3 Å². The molecule has 0 aliphatic heterocycles. The molecule has 5 aromatic heterocycles. The minimum atomic E-state index is -4.61. The van der Waals surface area contributed by atoms with E-state index in [0.29, 0.717) is 54.0 Å². The largest absolute Gasteiger partial charge is 0.522 e. The summed E-state index contributed by atoms with van der Waals surface area (Å²) in [5, 5.41) is 11.1. The number of carbonyl (C=O) groups is 1. The van der Waals surface area contributed by atoms with Gasteiger partial charge < -0.3 is 15.6 Å². The number of amides is 1. The average Bonchev–Trinajstić information content (AvgIpc) is 3.53. The Hall–Kier alpha value is -4.52. The molecule has 1 amide bonds. The number of hydrogen-bond donors (Lipinski definition) is 3. The van der Waals surface area contributed by atoms with Crippen LogP contribution in [0, 0.1) is 0 Å². The maximum atomic E-state index is 12.9. The van der Waals surface area contributed by atoms with Crippen LogP contribution in [0.25, 0.3) is 27.7 Å². The Morgan fingerprint density at radius 1 is 1.13 bits per heavy atom. The van der Waals surface area contributed by atoms with Crippen molar-refractivity contribution >= 4 is 34.1 Å². The van der Waals surface area contributed by atoms with Gasteiger partial charge in [-0.05, 0) is 55.5 Å². The van der Waals surface area contributed by atoms with Gasteiger partial charge in [-0.1, -0.05) is 0 Å². The number of halogens is 3. The molecule has 0 spiro atoms. The van der Waals surface area contributed by atoms with E-state index in [1.54, 1.807) is 41.4 Å². The van der Waals surface area contributed by atoms with Gasteiger partial charge in [-0.3, -0.25) is 14.5 Å². The molecule has 1 aliphatic carbocycles. The maximum absolute atomic E-state index is 12.9. The zero-order chi connectivity index (χ0) is 27.0. The van der Waals surface area contributed by atoms with Crippen molar-refractivity contribution in [1.82, 2.24) is 29.5 Å². The van der Waals surface area contributed by atoms with Crippen molar-refractivity contribution in [2.24, 2.45) is 0 Å². The molecule has 6 rings (SSSR count). The molecule has 10 nitrogen and oxygen atoms in total. The molecule has 200 valence electrons. The summed E-state index contributed by atoms with van der Waals surface area (Å²) >= 11 is 0. The normalized spacial score (nSPS) is 17.9. The minimum absolute atomic E-state index is 0.0366. The lowest BCUT2D eigenvalue weighted by molar-refractivity contribution is -0.345. The van der Waals surface area contributed by atoms with Crippen LogP contribution >= 0.6 is 0 Å². The lowest BCUT2D eigenvalue weighted by Crippen LogP contribution is -2.33. The zero-order valence-corrected chi connectivity index (χ0v) is 20.4. The molecule has 0 aromatic carbocycles. The second kappa shape index (κ2) is 9.98. The van der Waals surface area contributed by atoms with E-state index in [1.165, 1.54) is 6.20 Å². The molecule has 0 saturated heterocycles. The number of carbonyl (C=O) groups excluding carboxylic acids is 1. The molecule has 3 N–H and O–H groups in total. The van der Waals surface area contributed by atoms with Gasteiger partial charge in [0.05, 0.1) is 35.3 Å². The number of nitrogens with zero attached hydrogens (tertiary/aromatic N) is 5. The van der Waals surface area contributed by atoms with Crippen molar-refractivity contribution < 1.29 is 22.7 Å². The van der Waals surface area contributed by atoms with Crippen LogP contribution < -0.4 is 10.6 Å². The Labute approximate surface area is 219 Å². The minimum Gasteiger partial charge on any atom is -0.351 e. The lowest BCUT2D eigenvalue weighted by atomic mass is 9.93. The van der Waals surface area contributed by atoms with Crippen molar-refractivity contribution in [3.63, 3.8) is 0 Å². The molecule has 39 heavy (non-hydrogen) atoms. The van der Waals surface area contributed by atoms with Crippen LogP contribution in [-0.2, 0) is 4.74 Å². The lowest BCUT2D eigenvalue weighted by Gasteiger charge is -2.29. The molecule has 1 fully saturated rings. The predicted molar refractivity (Wildman–Crippen MR) is 137 cm³/mol. The van der Waals surface area contributed by atoms with Gasteiger partial charge in [-0.25, -0.2) is 9.50 Å². The van der Waals surface area contributed by atoms with E-state index in [4.69, 9.17) is 0 Å². The van der Waals surface area contributed by atoms with Crippen molar-refractivity contribution in [2.45, 2.75) is 44.2 Å². The molecule has 0 bridgehead atoms. The van der Waals surface area contributed by atoms with Gasteiger partial charge in [-0.15, -0.1) is 13.2 Å². The highest BCUT2D eigenvalue weighted by molar-refractivity contribution is 6.09. The summed E-state index contributed by atoms with van der Waals surface area (Å²) in [4.78, 5) is 29.1. The quantitative estimate of drug-likeness (QED) is 0.273. The fourth-order valence-electron chi connectivity index (χ4n) is 4.87. The van der Waals surface area contributed by atoms with E-state index in [9.17, 15) is 18.0 Å². The van der Waals surface area contributed by atoms with Crippen LogP contribution in [0.5, 0.6) is 0 Å². The Morgan fingerprint density at radius 2 is 1.97 bits per heavy atom. The first-order valence-corrected chi connectivity index (χ1v) is 12.4. The van der Waals surface area contributed by atoms with Crippen LogP contribution in [0.4, 0.5) is 24.8 Å². The molecule has 5 heterocycles. The number of aromatic nitrogens is 6. The number of nitrogens with one attached hydrogen (secondary N) is 3. The van der Waals surface area contributed by atoms with Crippen LogP contribution in [0.2, 0.25) is 0 Å². The van der Waals surface area contributed by atoms with Crippen molar-refractivity contribution in [1.29, 1.82) is 0 Å². The third-order valence-electron chi connectivity index (χ3n) is 6.74. The average molecular weight is 537 g/mol. The van der Waals surface area contributed by atoms with Gasteiger partial charge in [0.2, 0.25) is 5.95 Å². The predicted octanol–water partition coefficient (Wildman–Crippen LogP) is 5.18. The number of pyridine rings is 2. The summed E-state index contributed by atoms with van der Waals surface area (Å²) in [7, 11) is 0. The molecule has 5 aromatic rings. The second-order valence-corrected chi connectivity index (χ2v) is 9.34. The molecule has 0 radical (unpaired) electrons. The molecule has 13 heteroatoms. The van der Waals surface area contributed by atoms with Crippen molar-refractivity contribution in [3.8, 4) is 11.1 Å². The fourth-order valence-corrected chi connectivity index (χ4v) is 4.87. The first kappa shape index (κ1) is 24.8. The Morgan fingerprint density at radius 3 is 2.74 bits per heavy atom. The number of alkyl halides is 3. The second-order valence-electron chi connectivity index (χ2n) is 9.34. The monoisotopic (exact) mass is 536 g/mol. The van der Waals surface area contributed by atoms with E-state index in [2.05, 4.69) is 40.4 Å². The van der Waals surface area contributed by atoms with Gasteiger partial charge >= 0.3 is 6.36 Å². The summed E-state index contributed by atoms with van der Waals surface area (Å²) < 4.78 is 43.2. The molecule has 1 aliphatic rings. The number of aromatic amines is 1. The number of H-pyrrole nitrogens is 1. The van der Waals surface area contributed by atoms with Gasteiger partial charge in [0.25, 0.3) is 5.91 Å². The fraction of sp³-hybridized carbons (Fsp3) is 0.269. The highest BCUT2D eigenvalue weighted by Crippen LogP contribution is 2.31. The van der Waals surface area contributed by atoms with Gasteiger partial charge in [0.1, 0.15) is 5.65 Å². The number of anilines is 2. The number of ether oxygens (including phenoxy) is 1. The number of fused-ring (bicyclic) bond motifs is 2. The van der Waals surface area contributed by atoms with E-state index < -0.39 is 12.5 Å². The molecule has 1 saturated carbocycles. The van der Waals surface area contributed by atoms with Crippen LogP contribution in [-0.4, -0.2) is 54.0 Å². The van der Waals surface area contributed by atoms with Gasteiger partial charge in [0.15, 0.2) is 0 Å². The van der Waals surface area contributed by atoms with Crippen LogP contribution in [0.1, 0.15) is 36.0 Å². The van der Waals surface area contributed by atoms with Gasteiger partial charge in [0, 0.05) is 41.8 Å². The Bertz CT molecular complexity index is 1630. The summed E-state index contributed by atoms with van der Waals surface area (Å²) in [6, 6.07) is 7.22. The summed E-state index contributed by atoms with van der Waals surface area (Å²) in [6.07, 6.45) is 6.27. The number of rotatable bonds is 6. The first-order valence-electron chi connectivity index (χ1n) is 12.4. The van der Waals surface area contributed by atoms with E-state index in [0.717, 1.165) is 16.5 Å². The van der Waals surface area contributed by atoms with Gasteiger partial charge in [-0.2, -0.15) is 10.1 Å². The standard InChI is InChI=1S/C26H23F3N8O2/c27-26(28,29)39-18-5-3-16(4-6-18)35-25-32-13-20-19(12-31-23(20)36-25)15-7-9-37-22(10-15)21(14-33-37)24(38)34-17-2-1-8-30-11-17/h1-2,7-14,16,18H,3-6H2,(H,34,38)(H2,31,32,35,36)/t16-,18+. The summed E-state index contributed by atoms with van der Waals surface area (Å²) in [6.45, 7) is 0. The van der Waals surface area contributed by atoms with Crippen molar-refractivity contribution in [2.75, 3.05) is 10.6 Å². The smallest absolute Gasteiger partial charge is 0.351 e. The molecular formula is C26H23F3N8O2. The van der Waals surface area contributed by atoms with Crippen molar-refractivity contribution in [3.05, 3.63) is 67.0 Å². The van der Waals surface area contributed by atoms with E-state index in [-0.39, 0.29) is 11.9 Å². The van der Waals surface area contributed by atoms with Crippen LogP contribution in [0.3, 0.4) is 0 Å². The summed E-state index contributed by atoms with van der Waals surface area (Å²) in [5.41, 5.74) is 3.94. The molecule has 0 atom stereocenters. The Balaban J connectivity index is 1.19. The first-order chi connectivity index (χ1) is 18.8. The Kier molecular flexibility index (Phi) is 6.35. The van der Waals surface area contributed by atoms with E-state index >= 15 is 0 Å². The van der Waals surface area contributed by atoms with Crippen LogP contribution in [0.15, 0.2) is 61.4 Å². The molecule has 0 unspecified atom stereocenters.